The second-order valence-electron chi connectivity index (χ2n) is 3.91. The lowest BCUT2D eigenvalue weighted by atomic mass is 10.1. The van der Waals surface area contributed by atoms with Crippen molar-refractivity contribution in [2.45, 2.75) is 13.8 Å². The van der Waals surface area contributed by atoms with Crippen LogP contribution in [-0.2, 0) is 0 Å². The SMILES string of the molecule is C=C(C)CN(CC)c1cccc(Cl)c1C(=O)O. The third-order valence-corrected chi connectivity index (χ3v) is 2.70. The van der Waals surface area contributed by atoms with Gasteiger partial charge in [-0.3, -0.25) is 0 Å². The Morgan fingerprint density at radius 3 is 2.65 bits per heavy atom. The molecule has 0 aliphatic carbocycles. The molecule has 0 aromatic heterocycles. The summed E-state index contributed by atoms with van der Waals surface area (Å²) >= 11 is 5.93. The van der Waals surface area contributed by atoms with Crippen LogP contribution in [0.5, 0.6) is 0 Å². The van der Waals surface area contributed by atoms with Gasteiger partial charge in [0.2, 0.25) is 0 Å². The van der Waals surface area contributed by atoms with Gasteiger partial charge in [-0.2, -0.15) is 0 Å². The summed E-state index contributed by atoms with van der Waals surface area (Å²) < 4.78 is 0. The van der Waals surface area contributed by atoms with Crippen LogP contribution in [0.2, 0.25) is 5.02 Å². The Morgan fingerprint density at radius 1 is 1.53 bits per heavy atom. The molecular formula is C13H16ClNO2. The number of benzene rings is 1. The van der Waals surface area contributed by atoms with Crippen molar-refractivity contribution >= 4 is 23.3 Å². The number of anilines is 1. The van der Waals surface area contributed by atoms with Gasteiger partial charge in [0.05, 0.1) is 10.7 Å². The second-order valence-corrected chi connectivity index (χ2v) is 4.32. The van der Waals surface area contributed by atoms with Gasteiger partial charge in [-0.25, -0.2) is 4.79 Å². The van der Waals surface area contributed by atoms with Crippen molar-refractivity contribution in [2.24, 2.45) is 0 Å². The summed E-state index contributed by atoms with van der Waals surface area (Å²) in [5.41, 5.74) is 1.76. The molecule has 0 aliphatic heterocycles. The highest BCUT2D eigenvalue weighted by Crippen LogP contribution is 2.27. The van der Waals surface area contributed by atoms with E-state index in [4.69, 9.17) is 11.6 Å². The largest absolute Gasteiger partial charge is 0.478 e. The lowest BCUT2D eigenvalue weighted by molar-refractivity contribution is 0.0697. The predicted molar refractivity (Wildman–Crippen MR) is 71.1 cm³/mol. The smallest absolute Gasteiger partial charge is 0.339 e. The van der Waals surface area contributed by atoms with E-state index >= 15 is 0 Å². The summed E-state index contributed by atoms with van der Waals surface area (Å²) in [6, 6.07) is 5.11. The molecule has 0 saturated heterocycles. The van der Waals surface area contributed by atoms with Crippen molar-refractivity contribution in [3.05, 3.63) is 40.9 Å². The normalized spacial score (nSPS) is 10.1. The molecule has 1 aromatic rings. The molecule has 3 nitrogen and oxygen atoms in total. The highest BCUT2D eigenvalue weighted by atomic mass is 35.5. The van der Waals surface area contributed by atoms with Crippen LogP contribution in [0.4, 0.5) is 5.69 Å². The molecule has 0 unspecified atom stereocenters. The van der Waals surface area contributed by atoms with E-state index in [2.05, 4.69) is 6.58 Å². The van der Waals surface area contributed by atoms with Crippen LogP contribution >= 0.6 is 11.6 Å². The van der Waals surface area contributed by atoms with E-state index in [0.717, 1.165) is 5.57 Å². The van der Waals surface area contributed by atoms with Gasteiger partial charge in [0.25, 0.3) is 0 Å². The van der Waals surface area contributed by atoms with Gasteiger partial charge < -0.3 is 10.0 Å². The fourth-order valence-electron chi connectivity index (χ4n) is 1.68. The zero-order valence-corrected chi connectivity index (χ0v) is 10.8. The third kappa shape index (κ3) is 3.24. The first-order valence-electron chi connectivity index (χ1n) is 5.38. The molecule has 92 valence electrons. The second kappa shape index (κ2) is 5.73. The molecule has 0 spiro atoms. The van der Waals surface area contributed by atoms with Crippen molar-refractivity contribution in [3.8, 4) is 0 Å². The molecule has 17 heavy (non-hydrogen) atoms. The van der Waals surface area contributed by atoms with E-state index in [1.807, 2.05) is 18.7 Å². The van der Waals surface area contributed by atoms with Crippen LogP contribution in [0.3, 0.4) is 0 Å². The van der Waals surface area contributed by atoms with Crippen LogP contribution in [0.25, 0.3) is 0 Å². The van der Waals surface area contributed by atoms with E-state index in [9.17, 15) is 9.90 Å². The van der Waals surface area contributed by atoms with Gasteiger partial charge >= 0.3 is 5.97 Å². The fraction of sp³-hybridized carbons (Fsp3) is 0.308. The van der Waals surface area contributed by atoms with Crippen LogP contribution in [-0.4, -0.2) is 24.2 Å². The molecule has 0 bridgehead atoms. The number of hydrogen-bond acceptors (Lipinski definition) is 2. The molecule has 1 rings (SSSR count). The minimum atomic E-state index is -1.01. The number of carboxylic acids is 1. The van der Waals surface area contributed by atoms with Crippen LogP contribution in [0.1, 0.15) is 24.2 Å². The highest BCUT2D eigenvalue weighted by Gasteiger charge is 2.18. The van der Waals surface area contributed by atoms with Gasteiger partial charge in [-0.1, -0.05) is 29.8 Å². The number of carbonyl (C=O) groups is 1. The number of nitrogens with zero attached hydrogens (tertiary/aromatic N) is 1. The summed E-state index contributed by atoms with van der Waals surface area (Å²) in [6.45, 7) is 9.05. The quantitative estimate of drug-likeness (QED) is 0.818. The monoisotopic (exact) mass is 253 g/mol. The number of aromatic carboxylic acids is 1. The molecule has 0 radical (unpaired) electrons. The molecular weight excluding hydrogens is 238 g/mol. The molecule has 0 aliphatic rings. The molecule has 4 heteroatoms. The average Bonchev–Trinajstić information content (AvgIpc) is 2.24. The van der Waals surface area contributed by atoms with Gasteiger partial charge in [0, 0.05) is 13.1 Å². The number of carboxylic acid groups (broad SMARTS) is 1. The number of halogens is 1. The van der Waals surface area contributed by atoms with Crippen molar-refractivity contribution in [1.82, 2.24) is 0 Å². The number of likely N-dealkylation sites (N-methyl/N-ethyl adjacent to an activating group) is 1. The molecule has 0 atom stereocenters. The Kier molecular flexibility index (Phi) is 4.58. The van der Waals surface area contributed by atoms with E-state index in [1.165, 1.54) is 0 Å². The van der Waals surface area contributed by atoms with Crippen molar-refractivity contribution in [3.63, 3.8) is 0 Å². The standard InChI is InChI=1S/C13H16ClNO2/c1-4-15(8-9(2)3)11-7-5-6-10(14)12(11)13(16)17/h5-7H,2,4,8H2,1,3H3,(H,16,17). The Bertz CT molecular complexity index is 443. The first kappa shape index (κ1) is 13.6. The number of hydrogen-bond donors (Lipinski definition) is 1. The van der Waals surface area contributed by atoms with Crippen LogP contribution in [0.15, 0.2) is 30.4 Å². The van der Waals surface area contributed by atoms with Crippen LogP contribution < -0.4 is 4.90 Å². The predicted octanol–water partition coefficient (Wildman–Crippen LogP) is 3.44. The lowest BCUT2D eigenvalue weighted by Crippen LogP contribution is -2.26. The van der Waals surface area contributed by atoms with E-state index in [0.29, 0.717) is 18.8 Å². The van der Waals surface area contributed by atoms with Crippen molar-refractivity contribution < 1.29 is 9.90 Å². The highest BCUT2D eigenvalue weighted by molar-refractivity contribution is 6.34. The van der Waals surface area contributed by atoms with E-state index in [-0.39, 0.29) is 10.6 Å². The topological polar surface area (TPSA) is 40.5 Å². The Hall–Kier alpha value is -1.48. The first-order chi connectivity index (χ1) is 7.97. The molecule has 0 amide bonds. The third-order valence-electron chi connectivity index (χ3n) is 2.39. The van der Waals surface area contributed by atoms with Crippen molar-refractivity contribution in [1.29, 1.82) is 0 Å². The maximum Gasteiger partial charge on any atom is 0.339 e. The fourth-order valence-corrected chi connectivity index (χ4v) is 1.93. The van der Waals surface area contributed by atoms with E-state index in [1.54, 1.807) is 18.2 Å². The minimum Gasteiger partial charge on any atom is -0.478 e. The average molecular weight is 254 g/mol. The molecule has 1 N–H and O–H groups in total. The minimum absolute atomic E-state index is 0.150. The summed E-state index contributed by atoms with van der Waals surface area (Å²) in [4.78, 5) is 13.2. The summed E-state index contributed by atoms with van der Waals surface area (Å²) in [5.74, 6) is -1.01. The van der Waals surface area contributed by atoms with Gasteiger partial charge in [-0.05, 0) is 26.0 Å². The first-order valence-corrected chi connectivity index (χ1v) is 5.76. The van der Waals surface area contributed by atoms with Crippen molar-refractivity contribution in [2.75, 3.05) is 18.0 Å². The molecule has 0 saturated carbocycles. The molecule has 0 heterocycles. The number of rotatable bonds is 5. The molecule has 0 fully saturated rings. The lowest BCUT2D eigenvalue weighted by Gasteiger charge is -2.25. The van der Waals surface area contributed by atoms with Gasteiger partial charge in [0.1, 0.15) is 5.56 Å². The summed E-state index contributed by atoms with van der Waals surface area (Å²) in [5, 5.41) is 9.45. The Morgan fingerprint density at radius 2 is 2.18 bits per heavy atom. The van der Waals surface area contributed by atoms with Gasteiger partial charge in [-0.15, -0.1) is 0 Å². The summed E-state index contributed by atoms with van der Waals surface area (Å²) in [7, 11) is 0. The maximum absolute atomic E-state index is 11.2. The van der Waals surface area contributed by atoms with E-state index < -0.39 is 5.97 Å². The van der Waals surface area contributed by atoms with Crippen LogP contribution in [0, 0.1) is 0 Å². The Labute approximate surface area is 106 Å². The zero-order valence-electron chi connectivity index (χ0n) is 10.0. The maximum atomic E-state index is 11.2. The molecule has 1 aromatic carbocycles. The van der Waals surface area contributed by atoms with Gasteiger partial charge in [0.15, 0.2) is 0 Å². The summed E-state index contributed by atoms with van der Waals surface area (Å²) in [6.07, 6.45) is 0. The Balaban J connectivity index is 3.23. The zero-order chi connectivity index (χ0) is 13.0.